The molecule has 2 N–H and O–H groups in total. The van der Waals surface area contributed by atoms with Gasteiger partial charge in [-0.05, 0) is 42.9 Å². The maximum Gasteiger partial charge on any atom is 0.311 e. The van der Waals surface area contributed by atoms with Crippen LogP contribution < -0.4 is 5.32 Å². The lowest BCUT2D eigenvalue weighted by atomic mass is 10.1. The largest absolute Gasteiger partial charge is 0.481 e. The average Bonchev–Trinajstić information content (AvgIpc) is 3.33. The number of amides is 1. The first-order valence-electron chi connectivity index (χ1n) is 6.89. The smallest absolute Gasteiger partial charge is 0.311 e. The fourth-order valence-electron chi connectivity index (χ4n) is 2.60. The summed E-state index contributed by atoms with van der Waals surface area (Å²) in [6, 6.07) is 3.66. The molecule has 2 aliphatic rings. The monoisotopic (exact) mass is 295 g/mol. The highest BCUT2D eigenvalue weighted by atomic mass is 19.2. The molecule has 2 saturated carbocycles. The van der Waals surface area contributed by atoms with Crippen molar-refractivity contribution < 1.29 is 23.5 Å². The molecule has 0 saturated heterocycles. The molecule has 2 unspecified atom stereocenters. The van der Waals surface area contributed by atoms with E-state index in [2.05, 4.69) is 5.32 Å². The van der Waals surface area contributed by atoms with E-state index in [0.717, 1.165) is 12.1 Å². The van der Waals surface area contributed by atoms with Gasteiger partial charge in [0.05, 0.1) is 5.41 Å². The second-order valence-electron chi connectivity index (χ2n) is 5.93. The van der Waals surface area contributed by atoms with Gasteiger partial charge in [0.15, 0.2) is 11.6 Å². The SMILES string of the molecule is O=C(NCC1(C(=O)O)CC1)C1CC1c1ccc(F)c(F)c1. The molecule has 0 aromatic heterocycles. The van der Waals surface area contributed by atoms with Crippen LogP contribution in [0.1, 0.15) is 30.7 Å². The summed E-state index contributed by atoms with van der Waals surface area (Å²) < 4.78 is 26.0. The van der Waals surface area contributed by atoms with E-state index in [1.54, 1.807) is 0 Å². The second kappa shape index (κ2) is 4.79. The standard InChI is InChI=1S/C15H15F2NO3/c16-11-2-1-8(5-12(11)17)9-6-10(9)13(19)18-7-15(3-4-15)14(20)21/h1-2,5,9-10H,3-4,6-7H2,(H,18,19)(H,20,21). The molecule has 2 atom stereocenters. The van der Waals surface area contributed by atoms with Gasteiger partial charge in [0.1, 0.15) is 0 Å². The maximum atomic E-state index is 13.2. The van der Waals surface area contributed by atoms with Crippen molar-refractivity contribution in [3.8, 4) is 0 Å². The molecule has 3 rings (SSSR count). The van der Waals surface area contributed by atoms with Gasteiger partial charge in [-0.2, -0.15) is 0 Å². The number of benzene rings is 1. The minimum Gasteiger partial charge on any atom is -0.481 e. The summed E-state index contributed by atoms with van der Waals surface area (Å²) in [7, 11) is 0. The van der Waals surface area contributed by atoms with E-state index in [4.69, 9.17) is 5.11 Å². The Balaban J connectivity index is 1.56. The van der Waals surface area contributed by atoms with Crippen molar-refractivity contribution in [2.75, 3.05) is 6.54 Å². The molecule has 2 fully saturated rings. The van der Waals surface area contributed by atoms with Gasteiger partial charge in [-0.3, -0.25) is 9.59 Å². The molecule has 21 heavy (non-hydrogen) atoms. The zero-order chi connectivity index (χ0) is 15.2. The molecule has 2 aliphatic carbocycles. The summed E-state index contributed by atoms with van der Waals surface area (Å²) in [5.74, 6) is -3.30. The third kappa shape index (κ3) is 2.62. The Bertz CT molecular complexity index is 613. The molecule has 0 spiro atoms. The van der Waals surface area contributed by atoms with Crippen LogP contribution in [0, 0.1) is 23.0 Å². The minimum atomic E-state index is -0.915. The molecule has 0 heterocycles. The van der Waals surface area contributed by atoms with Gasteiger partial charge < -0.3 is 10.4 Å². The third-order valence-corrected chi connectivity index (χ3v) is 4.41. The number of rotatable bonds is 5. The predicted molar refractivity (Wildman–Crippen MR) is 69.5 cm³/mol. The normalized spacial score (nSPS) is 25.2. The first-order chi connectivity index (χ1) is 9.93. The van der Waals surface area contributed by atoms with E-state index in [9.17, 15) is 18.4 Å². The van der Waals surface area contributed by atoms with Crippen LogP contribution in [0.3, 0.4) is 0 Å². The molecule has 4 nitrogen and oxygen atoms in total. The van der Waals surface area contributed by atoms with Gasteiger partial charge >= 0.3 is 5.97 Å². The van der Waals surface area contributed by atoms with Crippen LogP contribution in [0.5, 0.6) is 0 Å². The number of carboxylic acid groups (broad SMARTS) is 1. The molecular formula is C15H15F2NO3. The third-order valence-electron chi connectivity index (χ3n) is 4.41. The van der Waals surface area contributed by atoms with Crippen LogP contribution in [-0.2, 0) is 9.59 Å². The molecule has 0 radical (unpaired) electrons. The Morgan fingerprint density at radius 2 is 2.00 bits per heavy atom. The number of carboxylic acids is 1. The summed E-state index contributed by atoms with van der Waals surface area (Å²) in [5, 5.41) is 11.7. The molecule has 1 aromatic rings. The number of nitrogens with one attached hydrogen (secondary N) is 1. The number of aliphatic carboxylic acids is 1. The van der Waals surface area contributed by atoms with Gasteiger partial charge in [-0.1, -0.05) is 6.07 Å². The van der Waals surface area contributed by atoms with Crippen molar-refractivity contribution in [2.24, 2.45) is 11.3 Å². The molecular weight excluding hydrogens is 280 g/mol. The summed E-state index contributed by atoms with van der Waals surface area (Å²) in [5.41, 5.74) is -0.185. The molecule has 0 bridgehead atoms. The average molecular weight is 295 g/mol. The highest BCUT2D eigenvalue weighted by molar-refractivity contribution is 5.84. The van der Waals surface area contributed by atoms with Gasteiger partial charge in [-0.25, -0.2) is 8.78 Å². The van der Waals surface area contributed by atoms with Gasteiger partial charge in [0.25, 0.3) is 0 Å². The number of carbonyl (C=O) groups excluding carboxylic acids is 1. The van der Waals surface area contributed by atoms with E-state index >= 15 is 0 Å². The zero-order valence-corrected chi connectivity index (χ0v) is 11.2. The summed E-state index contributed by atoms with van der Waals surface area (Å²) in [4.78, 5) is 23.0. The predicted octanol–water partition coefficient (Wildman–Crippen LogP) is 2.05. The molecule has 112 valence electrons. The number of hydrogen-bond acceptors (Lipinski definition) is 2. The molecule has 1 aromatic carbocycles. The molecule has 0 aliphatic heterocycles. The lowest BCUT2D eigenvalue weighted by Gasteiger charge is -2.11. The van der Waals surface area contributed by atoms with Crippen LogP contribution in [0.2, 0.25) is 0 Å². The Kier molecular flexibility index (Phi) is 3.19. The number of halogens is 2. The summed E-state index contributed by atoms with van der Waals surface area (Å²) in [6.07, 6.45) is 1.75. The van der Waals surface area contributed by atoms with Crippen LogP contribution in [0.15, 0.2) is 18.2 Å². The Morgan fingerprint density at radius 3 is 2.57 bits per heavy atom. The fourth-order valence-corrected chi connectivity index (χ4v) is 2.60. The first-order valence-corrected chi connectivity index (χ1v) is 6.89. The lowest BCUT2D eigenvalue weighted by molar-refractivity contribution is -0.143. The van der Waals surface area contributed by atoms with Crippen LogP contribution >= 0.6 is 0 Å². The van der Waals surface area contributed by atoms with Crippen molar-refractivity contribution in [3.05, 3.63) is 35.4 Å². The van der Waals surface area contributed by atoms with Crippen molar-refractivity contribution in [2.45, 2.75) is 25.2 Å². The lowest BCUT2D eigenvalue weighted by Crippen LogP contribution is -2.35. The first kappa shape index (κ1) is 14.0. The van der Waals surface area contributed by atoms with E-state index < -0.39 is 23.0 Å². The van der Waals surface area contributed by atoms with Crippen molar-refractivity contribution in [1.82, 2.24) is 5.32 Å². The maximum absolute atomic E-state index is 13.2. The van der Waals surface area contributed by atoms with Gasteiger partial charge in [-0.15, -0.1) is 0 Å². The van der Waals surface area contributed by atoms with E-state index in [1.807, 2.05) is 0 Å². The van der Waals surface area contributed by atoms with Crippen molar-refractivity contribution in [3.63, 3.8) is 0 Å². The topological polar surface area (TPSA) is 66.4 Å². The highest BCUT2D eigenvalue weighted by Gasteiger charge is 2.51. The van der Waals surface area contributed by atoms with Crippen molar-refractivity contribution in [1.29, 1.82) is 0 Å². The second-order valence-corrected chi connectivity index (χ2v) is 5.93. The zero-order valence-electron chi connectivity index (χ0n) is 11.2. The van der Waals surface area contributed by atoms with Gasteiger partial charge in [0, 0.05) is 12.5 Å². The highest BCUT2D eigenvalue weighted by Crippen LogP contribution is 2.49. The Labute approximate surface area is 120 Å². The van der Waals surface area contributed by atoms with Crippen molar-refractivity contribution >= 4 is 11.9 Å². The van der Waals surface area contributed by atoms with Crippen LogP contribution in [0.4, 0.5) is 8.78 Å². The summed E-state index contributed by atoms with van der Waals surface area (Å²) in [6.45, 7) is 0.141. The number of hydrogen-bond donors (Lipinski definition) is 2. The van der Waals surface area contributed by atoms with E-state index in [0.29, 0.717) is 24.8 Å². The quantitative estimate of drug-likeness (QED) is 0.873. The van der Waals surface area contributed by atoms with E-state index in [-0.39, 0.29) is 24.3 Å². The minimum absolute atomic E-state index is 0.111. The molecule has 1 amide bonds. The van der Waals surface area contributed by atoms with Crippen LogP contribution in [0.25, 0.3) is 0 Å². The molecule has 6 heteroatoms. The Morgan fingerprint density at radius 1 is 1.29 bits per heavy atom. The van der Waals surface area contributed by atoms with Crippen LogP contribution in [-0.4, -0.2) is 23.5 Å². The number of carbonyl (C=O) groups is 2. The summed E-state index contributed by atoms with van der Waals surface area (Å²) >= 11 is 0. The van der Waals surface area contributed by atoms with Gasteiger partial charge in [0.2, 0.25) is 5.91 Å². The van der Waals surface area contributed by atoms with E-state index in [1.165, 1.54) is 6.07 Å². The Hall–Kier alpha value is -1.98. The fraction of sp³-hybridized carbons (Fsp3) is 0.467.